The molecule has 34 heavy (non-hydrogen) atoms. The van der Waals surface area contributed by atoms with Gasteiger partial charge in [-0.1, -0.05) is 24.3 Å². The van der Waals surface area contributed by atoms with Crippen molar-refractivity contribution in [3.8, 4) is 0 Å². The van der Waals surface area contributed by atoms with Gasteiger partial charge in [-0.15, -0.1) is 0 Å². The maximum absolute atomic E-state index is 12.9. The highest BCUT2D eigenvalue weighted by Crippen LogP contribution is 2.31. The van der Waals surface area contributed by atoms with Gasteiger partial charge in [-0.3, -0.25) is 15.1 Å². The fourth-order valence-electron chi connectivity index (χ4n) is 3.92. The van der Waals surface area contributed by atoms with Gasteiger partial charge < -0.3 is 5.32 Å². The lowest BCUT2D eigenvalue weighted by molar-refractivity contribution is -0.137. The normalized spacial score (nSPS) is 19.0. The van der Waals surface area contributed by atoms with E-state index >= 15 is 0 Å². The van der Waals surface area contributed by atoms with Crippen LogP contribution in [0.25, 0.3) is 0 Å². The Labute approximate surface area is 195 Å². The van der Waals surface area contributed by atoms with Crippen LogP contribution in [-0.4, -0.2) is 44.2 Å². The molecule has 182 valence electrons. The molecule has 11 heteroatoms. The van der Waals surface area contributed by atoms with Gasteiger partial charge >= 0.3 is 6.18 Å². The number of Topliss-reactive ketones (excluding diaryl/α,β-unsaturated/α-hetero) is 1. The minimum atomic E-state index is -4.63. The van der Waals surface area contributed by atoms with E-state index in [0.717, 1.165) is 34.6 Å². The molecule has 0 radical (unpaired) electrons. The van der Waals surface area contributed by atoms with E-state index in [2.05, 4.69) is 10.8 Å². The van der Waals surface area contributed by atoms with E-state index in [-0.39, 0.29) is 37.9 Å². The number of hydrogen-bond donors (Lipinski definition) is 2. The minimum Gasteiger partial charge on any atom is -0.375 e. The molecule has 2 N–H and O–H groups in total. The topological polar surface area (TPSA) is 87.7 Å². The van der Waals surface area contributed by atoms with Gasteiger partial charge in [0.2, 0.25) is 10.0 Å². The largest absolute Gasteiger partial charge is 0.416 e. The third-order valence-electron chi connectivity index (χ3n) is 5.83. The summed E-state index contributed by atoms with van der Waals surface area (Å²) in [5, 5.41) is 3.22. The maximum atomic E-state index is 12.9. The zero-order valence-electron chi connectivity index (χ0n) is 18.1. The summed E-state index contributed by atoms with van der Waals surface area (Å²) in [5.41, 5.74) is 4.39. The van der Waals surface area contributed by atoms with E-state index in [9.17, 15) is 26.4 Å². The summed E-state index contributed by atoms with van der Waals surface area (Å²) in [5.74, 6) is -0.104. The predicted molar refractivity (Wildman–Crippen MR) is 119 cm³/mol. The molecule has 0 aliphatic carbocycles. The van der Waals surface area contributed by atoms with Crippen molar-refractivity contribution >= 4 is 21.5 Å². The SMILES string of the molecule is O=C(CONC1=CCN(S(=O)(=O)c2cccc(C(F)(F)F)c2)CC1)C1CCc2ccccc2N1. The summed E-state index contributed by atoms with van der Waals surface area (Å²) in [6.45, 7) is -0.127. The molecule has 2 aliphatic rings. The second-order valence-electron chi connectivity index (χ2n) is 8.12. The summed E-state index contributed by atoms with van der Waals surface area (Å²) >= 11 is 0. The van der Waals surface area contributed by atoms with Crippen LogP contribution >= 0.6 is 0 Å². The summed E-state index contributed by atoms with van der Waals surface area (Å²) in [6, 6.07) is 11.2. The van der Waals surface area contributed by atoms with E-state index in [0.29, 0.717) is 18.2 Å². The van der Waals surface area contributed by atoms with Gasteiger partial charge in [0.05, 0.1) is 16.5 Å². The lowest BCUT2D eigenvalue weighted by atomic mass is 9.96. The van der Waals surface area contributed by atoms with Gasteiger partial charge in [0, 0.05) is 30.9 Å². The Morgan fingerprint density at radius 3 is 2.68 bits per heavy atom. The first-order valence-electron chi connectivity index (χ1n) is 10.8. The molecule has 0 amide bonds. The minimum absolute atomic E-state index is 0.0286. The molecule has 1 atom stereocenters. The first-order valence-corrected chi connectivity index (χ1v) is 12.2. The number of alkyl halides is 3. The maximum Gasteiger partial charge on any atom is 0.416 e. The zero-order valence-corrected chi connectivity index (χ0v) is 19.0. The highest BCUT2D eigenvalue weighted by Gasteiger charge is 2.33. The van der Waals surface area contributed by atoms with Crippen LogP contribution in [0.1, 0.15) is 24.0 Å². The van der Waals surface area contributed by atoms with E-state index in [1.807, 2.05) is 24.3 Å². The number of carbonyl (C=O) groups is 1. The van der Waals surface area contributed by atoms with Crippen molar-refractivity contribution in [1.82, 2.24) is 9.79 Å². The molecule has 4 rings (SSSR count). The molecule has 2 aromatic carbocycles. The van der Waals surface area contributed by atoms with Crippen molar-refractivity contribution in [2.45, 2.75) is 36.4 Å². The fourth-order valence-corrected chi connectivity index (χ4v) is 5.35. The summed E-state index contributed by atoms with van der Waals surface area (Å²) in [4.78, 5) is 17.4. The lowest BCUT2D eigenvalue weighted by Crippen LogP contribution is -2.39. The van der Waals surface area contributed by atoms with Crippen molar-refractivity contribution in [1.29, 1.82) is 0 Å². The van der Waals surface area contributed by atoms with E-state index in [4.69, 9.17) is 4.84 Å². The van der Waals surface area contributed by atoms with Crippen LogP contribution < -0.4 is 10.8 Å². The Kier molecular flexibility index (Phi) is 6.96. The van der Waals surface area contributed by atoms with Crippen molar-refractivity contribution < 1.29 is 31.2 Å². The molecule has 2 heterocycles. The van der Waals surface area contributed by atoms with Crippen LogP contribution in [0.3, 0.4) is 0 Å². The Balaban J connectivity index is 1.29. The number of sulfonamides is 1. The van der Waals surface area contributed by atoms with Crippen LogP contribution in [0.5, 0.6) is 0 Å². The number of hydrogen-bond acceptors (Lipinski definition) is 6. The highest BCUT2D eigenvalue weighted by molar-refractivity contribution is 7.89. The number of carbonyl (C=O) groups excluding carboxylic acids is 1. The number of nitrogens with zero attached hydrogens (tertiary/aromatic N) is 1. The standard InChI is InChI=1S/C23H24F3N3O4S/c24-23(25,26)17-5-3-6-19(14-17)34(31,32)29-12-10-18(11-13-29)28-33-15-22(30)21-9-8-16-4-1-2-7-20(16)27-21/h1-7,10,14,21,27-28H,8-9,11-13,15H2. The second kappa shape index (κ2) is 9.77. The first kappa shape index (κ1) is 24.2. The van der Waals surface area contributed by atoms with Crippen molar-refractivity contribution in [2.24, 2.45) is 0 Å². The molecule has 0 spiro atoms. The molecular formula is C23H24F3N3O4S. The number of rotatable bonds is 7. The molecule has 0 fully saturated rings. The molecule has 0 saturated heterocycles. The van der Waals surface area contributed by atoms with Gasteiger partial charge in [-0.2, -0.15) is 17.5 Å². The summed E-state index contributed by atoms with van der Waals surface area (Å²) < 4.78 is 65.5. The van der Waals surface area contributed by atoms with E-state index in [1.165, 1.54) is 5.56 Å². The van der Waals surface area contributed by atoms with Crippen LogP contribution in [0.2, 0.25) is 0 Å². The van der Waals surface area contributed by atoms with Gasteiger partial charge in [0.15, 0.2) is 5.78 Å². The van der Waals surface area contributed by atoms with Gasteiger partial charge in [0.25, 0.3) is 0 Å². The average molecular weight is 496 g/mol. The van der Waals surface area contributed by atoms with Gasteiger partial charge in [0.1, 0.15) is 6.61 Å². The molecule has 0 aromatic heterocycles. The highest BCUT2D eigenvalue weighted by atomic mass is 32.2. The Hall–Kier alpha value is -2.89. The molecule has 7 nitrogen and oxygen atoms in total. The smallest absolute Gasteiger partial charge is 0.375 e. The van der Waals surface area contributed by atoms with Crippen molar-refractivity contribution in [3.63, 3.8) is 0 Å². The van der Waals surface area contributed by atoms with Gasteiger partial charge in [-0.25, -0.2) is 8.42 Å². The molecule has 2 aromatic rings. The number of hydroxylamine groups is 1. The number of fused-ring (bicyclic) bond motifs is 1. The molecule has 0 bridgehead atoms. The number of benzene rings is 2. The third kappa shape index (κ3) is 5.43. The van der Waals surface area contributed by atoms with Crippen LogP contribution in [0.4, 0.5) is 18.9 Å². The van der Waals surface area contributed by atoms with Gasteiger partial charge in [-0.05, 0) is 48.7 Å². The number of halogens is 3. The summed E-state index contributed by atoms with van der Waals surface area (Å²) in [7, 11) is -4.08. The molecule has 0 saturated carbocycles. The van der Waals surface area contributed by atoms with Crippen LogP contribution in [-0.2, 0) is 32.3 Å². The predicted octanol–water partition coefficient (Wildman–Crippen LogP) is 3.50. The number of anilines is 1. The van der Waals surface area contributed by atoms with Crippen molar-refractivity contribution in [2.75, 3.05) is 25.0 Å². The van der Waals surface area contributed by atoms with E-state index in [1.54, 1.807) is 6.08 Å². The Morgan fingerprint density at radius 1 is 1.15 bits per heavy atom. The second-order valence-corrected chi connectivity index (χ2v) is 10.1. The van der Waals surface area contributed by atoms with Crippen LogP contribution in [0, 0.1) is 0 Å². The third-order valence-corrected chi connectivity index (χ3v) is 7.69. The van der Waals surface area contributed by atoms with Crippen molar-refractivity contribution in [3.05, 3.63) is 71.4 Å². The fraction of sp³-hybridized carbons (Fsp3) is 0.348. The summed E-state index contributed by atoms with van der Waals surface area (Å²) in [6.07, 6.45) is -1.32. The Bertz CT molecular complexity index is 1200. The zero-order chi connectivity index (χ0) is 24.3. The quantitative estimate of drug-likeness (QED) is 0.572. The number of nitrogens with one attached hydrogen (secondary N) is 2. The number of ketones is 1. The molecule has 2 aliphatic heterocycles. The monoisotopic (exact) mass is 495 g/mol. The Morgan fingerprint density at radius 2 is 1.94 bits per heavy atom. The molecule has 1 unspecified atom stereocenters. The van der Waals surface area contributed by atoms with E-state index < -0.39 is 26.7 Å². The molecular weight excluding hydrogens is 471 g/mol. The average Bonchev–Trinajstić information content (AvgIpc) is 2.83. The van der Waals surface area contributed by atoms with Crippen LogP contribution in [0.15, 0.2) is 65.2 Å². The number of para-hydroxylation sites is 1. The first-order chi connectivity index (χ1) is 16.1. The lowest BCUT2D eigenvalue weighted by Gasteiger charge is -2.27. The number of aryl methyl sites for hydroxylation is 1.